The van der Waals surface area contributed by atoms with Gasteiger partial charge in [0.15, 0.2) is 6.29 Å². The molecular formula is C35H42ClN3O7. The summed E-state index contributed by atoms with van der Waals surface area (Å²) in [5, 5.41) is 32.9. The van der Waals surface area contributed by atoms with Crippen LogP contribution in [0.1, 0.15) is 78.7 Å². The van der Waals surface area contributed by atoms with Crippen molar-refractivity contribution in [3.05, 3.63) is 106 Å². The second kappa shape index (κ2) is 16.0. The molecule has 0 spiro atoms. The van der Waals surface area contributed by atoms with E-state index >= 15 is 0 Å². The average Bonchev–Trinajstić information content (AvgIpc) is 3.08. The number of likely N-dealkylation sites (tertiary alicyclic amines) is 1. The molecule has 2 fully saturated rings. The predicted octanol–water partition coefficient (Wildman–Crippen LogP) is 4.65. The standard InChI is InChI=1S/C35H42ClN3O7/c36-29-14-12-28(13-15-29)35(43)16-18-39(19-17-35)22-30-20-31(26-8-6-25(23-40)7-9-26)46-34(45-30)27-10-4-24(5-11-27)21-37-32(41)2-1-3-33(42)38-44/h4-15,30-31,34,40,43-44H,1-3,16-23H2,(H,37,41)(H,38,42). The third-order valence-corrected chi connectivity index (χ3v) is 9.07. The molecule has 2 saturated heterocycles. The lowest BCUT2D eigenvalue weighted by Gasteiger charge is -2.42. The summed E-state index contributed by atoms with van der Waals surface area (Å²) in [5.41, 5.74) is 5.20. The lowest BCUT2D eigenvalue weighted by Crippen LogP contribution is -2.46. The van der Waals surface area contributed by atoms with Gasteiger partial charge >= 0.3 is 0 Å². The molecule has 46 heavy (non-hydrogen) atoms. The van der Waals surface area contributed by atoms with Gasteiger partial charge in [-0.05, 0) is 53.6 Å². The van der Waals surface area contributed by atoms with Gasteiger partial charge in [0.05, 0.1) is 24.4 Å². The SMILES string of the molecule is O=C(CCCC(=O)NCc1ccc(C2OC(CN3CCC(O)(c4ccc(Cl)cc4)CC3)CC(c3ccc(CO)cc3)O2)cc1)NO. The number of hydrogen-bond acceptors (Lipinski definition) is 8. The summed E-state index contributed by atoms with van der Waals surface area (Å²) in [4.78, 5) is 25.6. The van der Waals surface area contributed by atoms with E-state index in [0.717, 1.165) is 40.9 Å². The highest BCUT2D eigenvalue weighted by atomic mass is 35.5. The Morgan fingerprint density at radius 2 is 1.50 bits per heavy atom. The summed E-state index contributed by atoms with van der Waals surface area (Å²) in [6.45, 7) is 2.49. The molecule has 2 aliphatic heterocycles. The summed E-state index contributed by atoms with van der Waals surface area (Å²) in [5.74, 6) is -0.685. The molecule has 3 aromatic rings. The van der Waals surface area contributed by atoms with E-state index in [-0.39, 0.29) is 37.6 Å². The highest BCUT2D eigenvalue weighted by Gasteiger charge is 2.37. The predicted molar refractivity (Wildman–Crippen MR) is 172 cm³/mol. The molecule has 0 bridgehead atoms. The number of hydroxylamine groups is 1. The number of nitrogens with zero attached hydrogens (tertiary/aromatic N) is 1. The minimum Gasteiger partial charge on any atom is -0.392 e. The number of hydrogen-bond donors (Lipinski definition) is 5. The Morgan fingerprint density at radius 3 is 2.15 bits per heavy atom. The number of carbonyl (C=O) groups excluding carboxylic acids is 2. The lowest BCUT2D eigenvalue weighted by molar-refractivity contribution is -0.253. The number of nitrogens with one attached hydrogen (secondary N) is 2. The summed E-state index contributed by atoms with van der Waals surface area (Å²) >= 11 is 6.06. The first-order chi connectivity index (χ1) is 22.2. The van der Waals surface area contributed by atoms with Gasteiger partial charge in [-0.25, -0.2) is 5.48 Å². The number of amides is 2. The van der Waals surface area contributed by atoms with Crippen molar-refractivity contribution in [1.82, 2.24) is 15.7 Å². The Balaban J connectivity index is 1.21. The molecule has 3 atom stereocenters. The van der Waals surface area contributed by atoms with Crippen LogP contribution >= 0.6 is 11.6 Å². The largest absolute Gasteiger partial charge is 0.392 e. The van der Waals surface area contributed by atoms with Gasteiger partial charge < -0.3 is 29.9 Å². The molecule has 5 N–H and O–H groups in total. The average molecular weight is 652 g/mol. The maximum Gasteiger partial charge on any atom is 0.243 e. The van der Waals surface area contributed by atoms with Crippen molar-refractivity contribution >= 4 is 23.4 Å². The van der Waals surface area contributed by atoms with E-state index in [4.69, 9.17) is 26.3 Å². The number of rotatable bonds is 12. The molecule has 0 radical (unpaired) electrons. The second-order valence-corrected chi connectivity index (χ2v) is 12.5. The first-order valence-corrected chi connectivity index (χ1v) is 16.1. The van der Waals surface area contributed by atoms with Gasteiger partial charge in [0.1, 0.15) is 0 Å². The van der Waals surface area contributed by atoms with Crippen LogP contribution in [-0.4, -0.2) is 57.9 Å². The zero-order chi connectivity index (χ0) is 32.5. The van der Waals surface area contributed by atoms with Crippen LogP contribution in [0.25, 0.3) is 0 Å². The van der Waals surface area contributed by atoms with E-state index in [1.807, 2.05) is 72.8 Å². The van der Waals surface area contributed by atoms with Gasteiger partial charge in [-0.3, -0.25) is 14.8 Å². The molecule has 246 valence electrons. The van der Waals surface area contributed by atoms with Gasteiger partial charge in [-0.1, -0.05) is 72.3 Å². The van der Waals surface area contributed by atoms with Crippen LogP contribution < -0.4 is 10.8 Å². The zero-order valence-corrected chi connectivity index (χ0v) is 26.5. The van der Waals surface area contributed by atoms with Crippen LogP contribution in [0.15, 0.2) is 72.8 Å². The fourth-order valence-corrected chi connectivity index (χ4v) is 6.15. The van der Waals surface area contributed by atoms with Crippen molar-refractivity contribution in [1.29, 1.82) is 0 Å². The molecule has 0 aliphatic carbocycles. The van der Waals surface area contributed by atoms with E-state index in [1.54, 1.807) is 5.48 Å². The molecule has 0 saturated carbocycles. The molecule has 3 unspecified atom stereocenters. The molecule has 0 aromatic heterocycles. The number of ether oxygens (including phenoxy) is 2. The minimum absolute atomic E-state index is 0.0227. The highest BCUT2D eigenvalue weighted by molar-refractivity contribution is 6.30. The van der Waals surface area contributed by atoms with E-state index in [2.05, 4.69) is 10.2 Å². The number of halogens is 1. The van der Waals surface area contributed by atoms with Gasteiger partial charge in [0.25, 0.3) is 0 Å². The van der Waals surface area contributed by atoms with Gasteiger partial charge in [0, 0.05) is 56.0 Å². The van der Waals surface area contributed by atoms with E-state index in [9.17, 15) is 19.8 Å². The first kappa shape index (κ1) is 34.0. The number of aliphatic hydroxyl groups excluding tert-OH is 1. The quantitative estimate of drug-likeness (QED) is 0.141. The molecule has 3 aromatic carbocycles. The molecule has 2 amide bonds. The first-order valence-electron chi connectivity index (χ1n) is 15.7. The lowest BCUT2D eigenvalue weighted by atomic mass is 9.84. The van der Waals surface area contributed by atoms with Crippen molar-refractivity contribution in [3.63, 3.8) is 0 Å². The third kappa shape index (κ3) is 9.13. The number of benzene rings is 3. The third-order valence-electron chi connectivity index (χ3n) is 8.82. The van der Waals surface area contributed by atoms with Crippen LogP contribution in [0.4, 0.5) is 0 Å². The van der Waals surface area contributed by atoms with Crippen molar-refractivity contribution < 1.29 is 34.5 Å². The Bertz CT molecular complexity index is 1430. The topological polar surface area (TPSA) is 141 Å². The highest BCUT2D eigenvalue weighted by Crippen LogP contribution is 2.39. The molecule has 5 rings (SSSR count). The summed E-state index contributed by atoms with van der Waals surface area (Å²) in [7, 11) is 0. The van der Waals surface area contributed by atoms with E-state index < -0.39 is 17.8 Å². The smallest absolute Gasteiger partial charge is 0.243 e. The van der Waals surface area contributed by atoms with Crippen LogP contribution in [0, 0.1) is 0 Å². The summed E-state index contributed by atoms with van der Waals surface area (Å²) in [6.07, 6.45) is 1.58. The van der Waals surface area contributed by atoms with E-state index in [0.29, 0.717) is 43.8 Å². The Labute approximate surface area is 274 Å². The Morgan fingerprint density at radius 1 is 0.870 bits per heavy atom. The number of carbonyl (C=O) groups is 2. The Kier molecular flexibility index (Phi) is 11.8. The van der Waals surface area contributed by atoms with Gasteiger partial charge in [-0.15, -0.1) is 0 Å². The van der Waals surface area contributed by atoms with Gasteiger partial charge in [-0.2, -0.15) is 0 Å². The monoisotopic (exact) mass is 651 g/mol. The van der Waals surface area contributed by atoms with Gasteiger partial charge in [0.2, 0.25) is 11.8 Å². The maximum absolute atomic E-state index is 12.1. The van der Waals surface area contributed by atoms with Crippen LogP contribution in [0.3, 0.4) is 0 Å². The zero-order valence-electron chi connectivity index (χ0n) is 25.7. The van der Waals surface area contributed by atoms with E-state index in [1.165, 1.54) is 0 Å². The van der Waals surface area contributed by atoms with Crippen molar-refractivity contribution in [2.24, 2.45) is 0 Å². The van der Waals surface area contributed by atoms with Crippen molar-refractivity contribution in [2.45, 2.75) is 75.8 Å². The van der Waals surface area contributed by atoms with Crippen molar-refractivity contribution in [2.75, 3.05) is 19.6 Å². The normalized spacial score (nSPS) is 21.4. The molecule has 2 aliphatic rings. The molecule has 2 heterocycles. The summed E-state index contributed by atoms with van der Waals surface area (Å²) in [6, 6.07) is 23.0. The maximum atomic E-state index is 12.1. The fraction of sp³-hybridized carbons (Fsp3) is 0.429. The molecular weight excluding hydrogens is 610 g/mol. The number of aliphatic hydroxyl groups is 2. The fourth-order valence-electron chi connectivity index (χ4n) is 6.02. The molecule has 11 heteroatoms. The van der Waals surface area contributed by atoms with Crippen LogP contribution in [-0.2, 0) is 37.8 Å². The molecule has 10 nitrogen and oxygen atoms in total. The van der Waals surface area contributed by atoms with Crippen molar-refractivity contribution in [3.8, 4) is 0 Å². The van der Waals surface area contributed by atoms with Crippen LogP contribution in [0.2, 0.25) is 5.02 Å². The van der Waals surface area contributed by atoms with Crippen LogP contribution in [0.5, 0.6) is 0 Å². The Hall–Kier alpha value is -3.35. The minimum atomic E-state index is -0.880. The number of piperidine rings is 1. The summed E-state index contributed by atoms with van der Waals surface area (Å²) < 4.78 is 13.0. The second-order valence-electron chi connectivity index (χ2n) is 12.1.